The van der Waals surface area contributed by atoms with Crippen molar-refractivity contribution in [3.05, 3.63) is 84.8 Å². The maximum atomic E-state index is 10.7. The maximum absolute atomic E-state index is 10.7. The number of rotatable bonds is 11. The van der Waals surface area contributed by atoms with Gasteiger partial charge in [0, 0.05) is 71.0 Å². The van der Waals surface area contributed by atoms with E-state index < -0.39 is 0 Å². The first-order valence-corrected chi connectivity index (χ1v) is 13.1. The van der Waals surface area contributed by atoms with Gasteiger partial charge in [0.1, 0.15) is 17.2 Å². The molecule has 0 aliphatic rings. The van der Waals surface area contributed by atoms with Gasteiger partial charge in [-0.25, -0.2) is 0 Å². The monoisotopic (exact) mass is 566 g/mol. The Morgan fingerprint density at radius 2 is 0.865 bits per heavy atom. The Labute approximate surface area is 233 Å². The molecule has 0 fully saturated rings. The van der Waals surface area contributed by atoms with Crippen LogP contribution in [0.3, 0.4) is 0 Å². The van der Waals surface area contributed by atoms with Crippen LogP contribution >= 0.6 is 34.8 Å². The summed E-state index contributed by atoms with van der Waals surface area (Å²) in [6.45, 7) is 7.91. The molecule has 3 aromatic rings. The first kappa shape index (κ1) is 29.4. The number of phenols is 3. The van der Waals surface area contributed by atoms with Crippen molar-refractivity contribution >= 4 is 34.8 Å². The molecule has 0 aliphatic heterocycles. The quantitative estimate of drug-likeness (QED) is 0.221. The van der Waals surface area contributed by atoms with Crippen molar-refractivity contribution in [2.75, 3.05) is 26.2 Å². The SMILES string of the molecule is Cc1cc(Cl)cc(CN(CCO)CCN(Cc2cc(Cl)cc(C)c2O)Cc2cc(Cl)cc(C)c2O)c1O. The Balaban J connectivity index is 1.87. The molecule has 0 radical (unpaired) electrons. The number of benzene rings is 3. The van der Waals surface area contributed by atoms with Crippen molar-refractivity contribution in [2.45, 2.75) is 40.4 Å². The third-order valence-electron chi connectivity index (χ3n) is 6.36. The van der Waals surface area contributed by atoms with Crippen LogP contribution < -0.4 is 0 Å². The smallest absolute Gasteiger partial charge is 0.123 e. The minimum atomic E-state index is -0.0527. The van der Waals surface area contributed by atoms with Gasteiger partial charge < -0.3 is 20.4 Å². The number of aliphatic hydroxyl groups excluding tert-OH is 1. The second-order valence-electron chi connectivity index (χ2n) is 9.40. The lowest BCUT2D eigenvalue weighted by Crippen LogP contribution is -2.36. The highest BCUT2D eigenvalue weighted by Crippen LogP contribution is 2.31. The highest BCUT2D eigenvalue weighted by Gasteiger charge is 2.18. The summed E-state index contributed by atoms with van der Waals surface area (Å²) < 4.78 is 0. The highest BCUT2D eigenvalue weighted by atomic mass is 35.5. The number of nitrogens with zero attached hydrogens (tertiary/aromatic N) is 2. The molecule has 0 unspecified atom stereocenters. The van der Waals surface area contributed by atoms with Crippen LogP contribution in [-0.2, 0) is 19.6 Å². The molecule has 200 valence electrons. The van der Waals surface area contributed by atoms with Crippen LogP contribution in [0, 0.1) is 20.8 Å². The summed E-state index contributed by atoms with van der Waals surface area (Å²) in [7, 11) is 0. The van der Waals surface area contributed by atoms with Crippen LogP contribution in [0.2, 0.25) is 15.1 Å². The second kappa shape index (κ2) is 13.1. The van der Waals surface area contributed by atoms with E-state index in [1.807, 2.05) is 4.90 Å². The molecule has 0 spiro atoms. The topological polar surface area (TPSA) is 87.4 Å². The van der Waals surface area contributed by atoms with Gasteiger partial charge in [0.05, 0.1) is 6.61 Å². The van der Waals surface area contributed by atoms with E-state index in [4.69, 9.17) is 34.8 Å². The molecule has 9 heteroatoms. The Kier molecular flexibility index (Phi) is 10.4. The molecule has 0 saturated heterocycles. The first-order valence-electron chi connectivity index (χ1n) is 12.0. The Bertz CT molecular complexity index is 1190. The fourth-order valence-electron chi connectivity index (χ4n) is 4.41. The zero-order valence-electron chi connectivity index (χ0n) is 21.2. The molecule has 0 saturated carbocycles. The fraction of sp³-hybridized carbons (Fsp3) is 0.357. The molecule has 0 heterocycles. The van der Waals surface area contributed by atoms with Crippen LogP contribution in [0.25, 0.3) is 0 Å². The summed E-state index contributed by atoms with van der Waals surface area (Å²) in [6, 6.07) is 10.3. The number of hydrogen-bond donors (Lipinski definition) is 4. The number of aryl methyl sites for hydroxylation is 3. The molecule has 6 nitrogen and oxygen atoms in total. The maximum Gasteiger partial charge on any atom is 0.123 e. The minimum Gasteiger partial charge on any atom is -0.507 e. The van der Waals surface area contributed by atoms with Gasteiger partial charge in [-0.15, -0.1) is 0 Å². The lowest BCUT2D eigenvalue weighted by Gasteiger charge is -2.29. The van der Waals surface area contributed by atoms with E-state index in [0.717, 1.165) is 0 Å². The molecular formula is C28H33Cl3N2O4. The predicted octanol–water partition coefficient (Wildman–Crippen LogP) is 6.19. The van der Waals surface area contributed by atoms with E-state index >= 15 is 0 Å². The molecule has 4 N–H and O–H groups in total. The normalized spacial score (nSPS) is 11.6. The Morgan fingerprint density at radius 3 is 1.22 bits per heavy atom. The van der Waals surface area contributed by atoms with Gasteiger partial charge in [0.25, 0.3) is 0 Å². The number of halogens is 3. The molecule has 0 aromatic heterocycles. The predicted molar refractivity (Wildman–Crippen MR) is 150 cm³/mol. The lowest BCUT2D eigenvalue weighted by atomic mass is 10.1. The molecule has 0 aliphatic carbocycles. The van der Waals surface area contributed by atoms with Crippen molar-refractivity contribution < 1.29 is 20.4 Å². The van der Waals surface area contributed by atoms with Gasteiger partial charge in [-0.1, -0.05) is 34.8 Å². The van der Waals surface area contributed by atoms with Crippen LogP contribution in [-0.4, -0.2) is 56.5 Å². The van der Waals surface area contributed by atoms with E-state index in [0.29, 0.717) is 87.7 Å². The molecule has 3 aromatic carbocycles. The summed E-state index contributed by atoms with van der Waals surface area (Å²) in [5, 5.41) is 43.2. The third-order valence-corrected chi connectivity index (χ3v) is 7.02. The van der Waals surface area contributed by atoms with E-state index in [1.54, 1.807) is 57.2 Å². The average molecular weight is 568 g/mol. The van der Waals surface area contributed by atoms with Crippen molar-refractivity contribution in [3.8, 4) is 17.2 Å². The van der Waals surface area contributed by atoms with Crippen LogP contribution in [0.1, 0.15) is 33.4 Å². The zero-order valence-corrected chi connectivity index (χ0v) is 23.5. The lowest BCUT2D eigenvalue weighted by molar-refractivity contribution is 0.155. The first-order chi connectivity index (χ1) is 17.5. The molecule has 0 atom stereocenters. The summed E-state index contributed by atoms with van der Waals surface area (Å²) in [5.41, 5.74) is 4.05. The van der Waals surface area contributed by atoms with Gasteiger partial charge in [-0.2, -0.15) is 0 Å². The fourth-order valence-corrected chi connectivity index (χ4v) is 5.29. The van der Waals surface area contributed by atoms with Crippen molar-refractivity contribution in [2.24, 2.45) is 0 Å². The van der Waals surface area contributed by atoms with Gasteiger partial charge in [0.15, 0.2) is 0 Å². The van der Waals surface area contributed by atoms with Gasteiger partial charge in [-0.05, 0) is 73.9 Å². The van der Waals surface area contributed by atoms with Crippen LogP contribution in [0.4, 0.5) is 0 Å². The molecule has 0 amide bonds. The average Bonchev–Trinajstić information content (AvgIpc) is 2.81. The van der Waals surface area contributed by atoms with E-state index in [2.05, 4.69) is 4.90 Å². The third kappa shape index (κ3) is 7.90. The van der Waals surface area contributed by atoms with E-state index in [1.165, 1.54) is 0 Å². The molecule has 0 bridgehead atoms. The molecule has 37 heavy (non-hydrogen) atoms. The van der Waals surface area contributed by atoms with Gasteiger partial charge in [-0.3, -0.25) is 9.80 Å². The van der Waals surface area contributed by atoms with Crippen LogP contribution in [0.15, 0.2) is 36.4 Å². The minimum absolute atomic E-state index is 0.0527. The van der Waals surface area contributed by atoms with Gasteiger partial charge >= 0.3 is 0 Å². The molecular weight excluding hydrogens is 535 g/mol. The highest BCUT2D eigenvalue weighted by molar-refractivity contribution is 6.31. The molecule has 3 rings (SSSR count). The number of aromatic hydroxyl groups is 3. The van der Waals surface area contributed by atoms with Crippen molar-refractivity contribution in [3.63, 3.8) is 0 Å². The van der Waals surface area contributed by atoms with Crippen molar-refractivity contribution in [1.29, 1.82) is 0 Å². The van der Waals surface area contributed by atoms with Gasteiger partial charge in [0.2, 0.25) is 0 Å². The summed E-state index contributed by atoms with van der Waals surface area (Å²) >= 11 is 18.8. The van der Waals surface area contributed by atoms with Crippen LogP contribution in [0.5, 0.6) is 17.2 Å². The number of aliphatic hydroxyl groups is 1. The Morgan fingerprint density at radius 1 is 0.541 bits per heavy atom. The Hall–Kier alpha value is -2.19. The second-order valence-corrected chi connectivity index (χ2v) is 10.7. The standard InChI is InChI=1S/C28H33Cl3N2O4/c1-17-8-23(29)11-20(26(17)35)14-32(6-7-34)4-5-33(15-21-12-24(30)9-18(2)27(21)36)16-22-13-25(31)10-19(3)28(22)37/h8-13,34-37H,4-7,14-16H2,1-3H3. The van der Waals surface area contributed by atoms with E-state index in [9.17, 15) is 20.4 Å². The summed E-state index contributed by atoms with van der Waals surface area (Å²) in [6.07, 6.45) is 0. The zero-order chi connectivity index (χ0) is 27.3. The summed E-state index contributed by atoms with van der Waals surface area (Å²) in [5.74, 6) is 0.530. The number of phenolic OH excluding ortho intramolecular Hbond substituents is 3. The summed E-state index contributed by atoms with van der Waals surface area (Å²) in [4.78, 5) is 4.09. The van der Waals surface area contributed by atoms with Crippen molar-refractivity contribution in [1.82, 2.24) is 9.80 Å². The number of hydrogen-bond acceptors (Lipinski definition) is 6. The van der Waals surface area contributed by atoms with E-state index in [-0.39, 0.29) is 23.9 Å². The largest absolute Gasteiger partial charge is 0.507 e.